The first-order valence-corrected chi connectivity index (χ1v) is 14.1. The second-order valence-corrected chi connectivity index (χ2v) is 10.3. The Morgan fingerprint density at radius 2 is 1.53 bits per heavy atom. The van der Waals surface area contributed by atoms with Crippen molar-refractivity contribution in [3.63, 3.8) is 0 Å². The zero-order chi connectivity index (χ0) is 31.5. The molecule has 2 aromatic heterocycles. The zero-order valence-corrected chi connectivity index (χ0v) is 24.8. The van der Waals surface area contributed by atoms with E-state index in [2.05, 4.69) is 10.3 Å². The molecular weight excluding hydrogens is 576 g/mol. The van der Waals surface area contributed by atoms with E-state index in [4.69, 9.17) is 19.2 Å². The van der Waals surface area contributed by atoms with Gasteiger partial charge in [0.25, 0.3) is 5.91 Å². The van der Waals surface area contributed by atoms with Gasteiger partial charge in [-0.25, -0.2) is 13.8 Å². The van der Waals surface area contributed by atoms with Gasteiger partial charge >= 0.3 is 0 Å². The maximum atomic E-state index is 14.3. The number of aromatic nitrogens is 2. The van der Waals surface area contributed by atoms with Crippen LogP contribution in [0, 0.1) is 11.6 Å². The van der Waals surface area contributed by atoms with Gasteiger partial charge in [-0.2, -0.15) is 0 Å². The van der Waals surface area contributed by atoms with Crippen molar-refractivity contribution in [1.29, 1.82) is 0 Å². The van der Waals surface area contributed by atoms with E-state index in [0.717, 1.165) is 21.8 Å². The highest BCUT2D eigenvalue weighted by Crippen LogP contribution is 2.40. The first-order valence-electron chi connectivity index (χ1n) is 14.1. The Balaban J connectivity index is 1.42. The minimum Gasteiger partial charge on any atom is -0.493 e. The number of carbonyl (C=O) groups excluding carboxylic acids is 1. The number of hydrogen-bond donors (Lipinski definition) is 2. The minimum atomic E-state index is -0.443. The van der Waals surface area contributed by atoms with Crippen LogP contribution < -0.4 is 19.5 Å². The second kappa shape index (κ2) is 12.5. The number of methoxy groups -OCH3 is 3. The number of fused-ring (bicyclic) bond motifs is 3. The van der Waals surface area contributed by atoms with Crippen molar-refractivity contribution in [2.75, 3.05) is 21.3 Å². The van der Waals surface area contributed by atoms with Crippen molar-refractivity contribution < 1.29 is 27.8 Å². The molecule has 0 atom stereocenters. The number of halogens is 2. The third kappa shape index (κ3) is 5.92. The van der Waals surface area contributed by atoms with Crippen LogP contribution in [0.15, 0.2) is 91.0 Å². The summed E-state index contributed by atoms with van der Waals surface area (Å²) in [5, 5.41) is 4.84. The molecule has 2 heterocycles. The van der Waals surface area contributed by atoms with Crippen molar-refractivity contribution in [2.45, 2.75) is 6.54 Å². The summed E-state index contributed by atoms with van der Waals surface area (Å²) in [5.74, 6) is -0.173. The van der Waals surface area contributed by atoms with E-state index in [1.54, 1.807) is 42.5 Å². The molecule has 226 valence electrons. The van der Waals surface area contributed by atoms with Gasteiger partial charge < -0.3 is 24.5 Å². The summed E-state index contributed by atoms with van der Waals surface area (Å²) in [6.07, 6.45) is 1.59. The highest BCUT2D eigenvalue weighted by atomic mass is 19.1. The molecule has 6 rings (SSSR count). The second-order valence-electron chi connectivity index (χ2n) is 10.3. The molecule has 0 unspecified atom stereocenters. The standard InChI is InChI=1S/C36H29F2N3O4/c1-43-31-17-23(18-32(44-2)35(31)45-3)28(15-21-8-6-10-24(37)14-21)36(42)39-20-26-19-29-27-12-4-5-13-30(27)41-34(29)33(40-26)22-9-7-11-25(38)16-22/h4-19,41H,20H2,1-3H3,(H,39,42)/b28-15+. The number of H-pyrrole nitrogens is 1. The molecule has 0 aliphatic carbocycles. The van der Waals surface area contributed by atoms with Crippen molar-refractivity contribution in [3.8, 4) is 28.5 Å². The quantitative estimate of drug-likeness (QED) is 0.131. The predicted molar refractivity (Wildman–Crippen MR) is 171 cm³/mol. The van der Waals surface area contributed by atoms with E-state index < -0.39 is 11.7 Å². The van der Waals surface area contributed by atoms with Crippen LogP contribution in [0.4, 0.5) is 8.78 Å². The normalized spacial score (nSPS) is 11.5. The lowest BCUT2D eigenvalue weighted by Crippen LogP contribution is -2.24. The Labute approximate surface area is 258 Å². The van der Waals surface area contributed by atoms with E-state index in [9.17, 15) is 13.6 Å². The van der Waals surface area contributed by atoms with Crippen LogP contribution in [0.3, 0.4) is 0 Å². The fourth-order valence-electron chi connectivity index (χ4n) is 5.38. The summed E-state index contributed by atoms with van der Waals surface area (Å²) in [6, 6.07) is 25.2. The van der Waals surface area contributed by atoms with Crippen LogP contribution in [-0.4, -0.2) is 37.2 Å². The lowest BCUT2D eigenvalue weighted by atomic mass is 10.0. The molecule has 45 heavy (non-hydrogen) atoms. The molecule has 1 amide bonds. The van der Waals surface area contributed by atoms with Gasteiger partial charge in [0, 0.05) is 27.4 Å². The number of benzene rings is 4. The number of nitrogens with one attached hydrogen (secondary N) is 2. The average molecular weight is 606 g/mol. The average Bonchev–Trinajstić information content (AvgIpc) is 3.43. The Bertz CT molecular complexity index is 2060. The summed E-state index contributed by atoms with van der Waals surface area (Å²) >= 11 is 0. The summed E-state index contributed by atoms with van der Waals surface area (Å²) in [6.45, 7) is 0.0571. The molecule has 0 fully saturated rings. The molecule has 0 spiro atoms. The smallest absolute Gasteiger partial charge is 0.252 e. The Hall–Kier alpha value is -5.70. The number of carbonyl (C=O) groups is 1. The van der Waals surface area contributed by atoms with Crippen LogP contribution in [0.2, 0.25) is 0 Å². The van der Waals surface area contributed by atoms with Crippen molar-refractivity contribution in [2.24, 2.45) is 0 Å². The van der Waals surface area contributed by atoms with Gasteiger partial charge in [-0.1, -0.05) is 42.5 Å². The molecule has 0 aliphatic heterocycles. The molecule has 7 nitrogen and oxygen atoms in total. The topological polar surface area (TPSA) is 85.5 Å². The van der Waals surface area contributed by atoms with E-state index in [-0.39, 0.29) is 17.9 Å². The molecule has 0 aliphatic rings. The van der Waals surface area contributed by atoms with Gasteiger partial charge in [0.2, 0.25) is 5.75 Å². The van der Waals surface area contributed by atoms with Crippen LogP contribution >= 0.6 is 0 Å². The molecule has 0 saturated heterocycles. The summed E-state index contributed by atoms with van der Waals surface area (Å²) in [5.41, 5.74) is 4.59. The summed E-state index contributed by atoms with van der Waals surface area (Å²) in [4.78, 5) is 22.2. The van der Waals surface area contributed by atoms with E-state index >= 15 is 0 Å². The van der Waals surface area contributed by atoms with Crippen molar-refractivity contribution in [3.05, 3.63) is 119 Å². The Morgan fingerprint density at radius 1 is 0.822 bits per heavy atom. The van der Waals surface area contributed by atoms with E-state index in [1.807, 2.05) is 30.3 Å². The lowest BCUT2D eigenvalue weighted by molar-refractivity contribution is -0.115. The number of hydrogen-bond acceptors (Lipinski definition) is 5. The fraction of sp³-hybridized carbons (Fsp3) is 0.111. The molecule has 0 radical (unpaired) electrons. The third-order valence-electron chi connectivity index (χ3n) is 7.46. The van der Waals surface area contributed by atoms with Crippen LogP contribution in [0.5, 0.6) is 17.2 Å². The highest BCUT2D eigenvalue weighted by Gasteiger charge is 2.20. The number of amides is 1. The van der Waals surface area contributed by atoms with Gasteiger partial charge in [0.05, 0.1) is 44.8 Å². The molecule has 6 aromatic rings. The first-order chi connectivity index (χ1) is 21.9. The van der Waals surface area contributed by atoms with Gasteiger partial charge in [-0.05, 0) is 65.7 Å². The number of para-hydroxylation sites is 1. The largest absolute Gasteiger partial charge is 0.493 e. The third-order valence-corrected chi connectivity index (χ3v) is 7.46. The van der Waals surface area contributed by atoms with Gasteiger partial charge in [0.15, 0.2) is 11.5 Å². The fourth-order valence-corrected chi connectivity index (χ4v) is 5.38. The lowest BCUT2D eigenvalue weighted by Gasteiger charge is -2.16. The number of pyridine rings is 1. The Morgan fingerprint density at radius 3 is 2.22 bits per heavy atom. The molecule has 4 aromatic carbocycles. The van der Waals surface area contributed by atoms with Gasteiger partial charge in [-0.3, -0.25) is 4.79 Å². The van der Waals surface area contributed by atoms with Crippen molar-refractivity contribution >= 4 is 39.4 Å². The molecule has 0 bridgehead atoms. The SMILES string of the molecule is COc1cc(/C(=C\c2cccc(F)c2)C(=O)NCc2cc3c([nH]c4ccccc43)c(-c3cccc(F)c3)n2)cc(OC)c1OC. The Kier molecular flexibility index (Phi) is 8.16. The highest BCUT2D eigenvalue weighted by molar-refractivity contribution is 6.24. The molecule has 2 N–H and O–H groups in total. The van der Waals surface area contributed by atoms with E-state index in [1.165, 1.54) is 45.6 Å². The maximum absolute atomic E-state index is 14.3. The monoisotopic (exact) mass is 605 g/mol. The molecule has 0 saturated carbocycles. The number of ether oxygens (including phenoxy) is 3. The summed E-state index contributed by atoms with van der Waals surface area (Å²) in [7, 11) is 4.46. The maximum Gasteiger partial charge on any atom is 0.252 e. The number of rotatable bonds is 9. The summed E-state index contributed by atoms with van der Waals surface area (Å²) < 4.78 is 44.9. The molecule has 9 heteroatoms. The minimum absolute atomic E-state index is 0.0571. The van der Waals surface area contributed by atoms with Gasteiger partial charge in [0.1, 0.15) is 11.6 Å². The van der Waals surface area contributed by atoms with Crippen LogP contribution in [0.25, 0.3) is 44.7 Å². The molecular formula is C36H29F2N3O4. The van der Waals surface area contributed by atoms with E-state index in [0.29, 0.717) is 45.3 Å². The first kappa shape index (κ1) is 29.4. The zero-order valence-electron chi connectivity index (χ0n) is 24.8. The number of nitrogens with zero attached hydrogens (tertiary/aromatic N) is 1. The van der Waals surface area contributed by atoms with Crippen LogP contribution in [-0.2, 0) is 11.3 Å². The van der Waals surface area contributed by atoms with Crippen molar-refractivity contribution in [1.82, 2.24) is 15.3 Å². The van der Waals surface area contributed by atoms with Crippen LogP contribution in [0.1, 0.15) is 16.8 Å². The van der Waals surface area contributed by atoms with Gasteiger partial charge in [-0.15, -0.1) is 0 Å². The predicted octanol–water partition coefficient (Wildman–Crippen LogP) is 7.54. The number of aromatic amines is 1.